The molecule has 0 aromatic carbocycles. The van der Waals surface area contributed by atoms with Gasteiger partial charge in [-0.2, -0.15) is 13.2 Å². The normalized spacial score (nSPS) is 37.2. The van der Waals surface area contributed by atoms with Crippen LogP contribution in [0.5, 0.6) is 0 Å². The van der Waals surface area contributed by atoms with E-state index in [4.69, 9.17) is 0 Å². The summed E-state index contributed by atoms with van der Waals surface area (Å²) in [5.41, 5.74) is 0. The van der Waals surface area contributed by atoms with E-state index in [1.807, 2.05) is 13.8 Å². The van der Waals surface area contributed by atoms with Crippen LogP contribution in [-0.2, 0) is 0 Å². The van der Waals surface area contributed by atoms with E-state index in [-0.39, 0.29) is 18.0 Å². The van der Waals surface area contributed by atoms with Crippen LogP contribution in [0.2, 0.25) is 0 Å². The van der Waals surface area contributed by atoms with E-state index in [1.54, 1.807) is 0 Å². The van der Waals surface area contributed by atoms with Crippen molar-refractivity contribution in [2.45, 2.75) is 44.9 Å². The maximum Gasteiger partial charge on any atom is 0.389 e. The minimum atomic E-state index is -4.01. The molecule has 3 atom stereocenters. The Kier molecular flexibility index (Phi) is 2.66. The van der Waals surface area contributed by atoms with E-state index < -0.39 is 12.6 Å². The summed E-state index contributed by atoms with van der Waals surface area (Å²) in [5, 5.41) is 3.09. The van der Waals surface area contributed by atoms with E-state index in [2.05, 4.69) is 5.32 Å². The fourth-order valence-corrected chi connectivity index (χ4v) is 1.87. The number of nitrogens with one attached hydrogen (secondary N) is 1. The molecule has 1 heterocycles. The average molecular weight is 181 g/mol. The van der Waals surface area contributed by atoms with Crippen LogP contribution in [0.4, 0.5) is 13.2 Å². The van der Waals surface area contributed by atoms with Crippen molar-refractivity contribution in [1.29, 1.82) is 0 Å². The van der Waals surface area contributed by atoms with Crippen LogP contribution in [0, 0.1) is 5.92 Å². The molecule has 1 nitrogen and oxygen atoms in total. The molecule has 72 valence electrons. The predicted molar refractivity (Wildman–Crippen MR) is 40.8 cm³/mol. The molecule has 1 saturated heterocycles. The Morgan fingerprint density at radius 1 is 1.33 bits per heavy atom. The van der Waals surface area contributed by atoms with E-state index in [1.165, 1.54) is 0 Å². The molecule has 1 fully saturated rings. The molecule has 0 aromatic heterocycles. The summed E-state index contributed by atoms with van der Waals surface area (Å²) in [5.74, 6) is -0.236. The molecule has 0 bridgehead atoms. The summed E-state index contributed by atoms with van der Waals surface area (Å²) in [6.45, 7) is 3.74. The quantitative estimate of drug-likeness (QED) is 0.654. The lowest BCUT2D eigenvalue weighted by Crippen LogP contribution is -2.28. The minimum absolute atomic E-state index is 0.00150. The third-order valence-corrected chi connectivity index (χ3v) is 2.40. The van der Waals surface area contributed by atoms with Crippen LogP contribution in [0.3, 0.4) is 0 Å². The smallest absolute Gasteiger partial charge is 0.311 e. The predicted octanol–water partition coefficient (Wildman–Crippen LogP) is 2.33. The van der Waals surface area contributed by atoms with Gasteiger partial charge in [0.05, 0.1) is 0 Å². The first-order valence-electron chi connectivity index (χ1n) is 4.21. The topological polar surface area (TPSA) is 12.0 Å². The third kappa shape index (κ3) is 2.66. The van der Waals surface area contributed by atoms with Crippen LogP contribution in [0.15, 0.2) is 0 Å². The Bertz CT molecular complexity index is 155. The number of hydrogen-bond acceptors (Lipinski definition) is 1. The van der Waals surface area contributed by atoms with Gasteiger partial charge in [-0.15, -0.1) is 0 Å². The third-order valence-electron chi connectivity index (χ3n) is 2.40. The van der Waals surface area contributed by atoms with Crippen molar-refractivity contribution < 1.29 is 13.2 Å². The first-order chi connectivity index (χ1) is 5.38. The van der Waals surface area contributed by atoms with E-state index in [9.17, 15) is 13.2 Å². The molecular weight excluding hydrogens is 167 g/mol. The van der Waals surface area contributed by atoms with Gasteiger partial charge in [0.1, 0.15) is 0 Å². The lowest BCUT2D eigenvalue weighted by Gasteiger charge is -2.16. The van der Waals surface area contributed by atoms with Crippen LogP contribution in [-0.4, -0.2) is 18.3 Å². The maximum atomic E-state index is 12.0. The standard InChI is InChI=1S/C8H14F3N/c1-5-3-7(6(2)12-5)4-8(9,10)11/h5-7,12H,3-4H2,1-2H3/t5-,6+,7+/m1/s1. The molecule has 1 rings (SSSR count). The second-order valence-corrected chi connectivity index (χ2v) is 3.67. The number of halogens is 3. The SMILES string of the molecule is C[C@@H]1C[C@@H](CC(F)(F)F)[C@H](C)N1. The van der Waals surface area contributed by atoms with E-state index in [0.29, 0.717) is 6.42 Å². The van der Waals surface area contributed by atoms with Crippen molar-refractivity contribution >= 4 is 0 Å². The zero-order valence-corrected chi connectivity index (χ0v) is 7.28. The van der Waals surface area contributed by atoms with Crippen molar-refractivity contribution in [3.8, 4) is 0 Å². The second kappa shape index (κ2) is 3.24. The van der Waals surface area contributed by atoms with Crippen molar-refractivity contribution in [3.63, 3.8) is 0 Å². The molecule has 0 radical (unpaired) electrons. The zero-order chi connectivity index (χ0) is 9.35. The summed E-state index contributed by atoms with van der Waals surface area (Å²) in [4.78, 5) is 0. The molecule has 0 saturated carbocycles. The molecule has 0 amide bonds. The highest BCUT2D eigenvalue weighted by Gasteiger charge is 2.38. The van der Waals surface area contributed by atoms with Crippen molar-refractivity contribution in [2.24, 2.45) is 5.92 Å². The number of alkyl halides is 3. The summed E-state index contributed by atoms with van der Waals surface area (Å²) in [6.07, 6.45) is -4.02. The highest BCUT2D eigenvalue weighted by atomic mass is 19.4. The molecular formula is C8H14F3N. The molecule has 0 unspecified atom stereocenters. The Labute approximate surface area is 70.3 Å². The van der Waals surface area contributed by atoms with Crippen LogP contribution >= 0.6 is 0 Å². The number of hydrogen-bond donors (Lipinski definition) is 1. The van der Waals surface area contributed by atoms with Gasteiger partial charge in [0.15, 0.2) is 0 Å². The molecule has 1 aliphatic heterocycles. The molecule has 12 heavy (non-hydrogen) atoms. The molecule has 0 aromatic rings. The lowest BCUT2D eigenvalue weighted by molar-refractivity contribution is -0.144. The fourth-order valence-electron chi connectivity index (χ4n) is 1.87. The van der Waals surface area contributed by atoms with E-state index >= 15 is 0 Å². The first-order valence-corrected chi connectivity index (χ1v) is 4.21. The molecule has 4 heteroatoms. The summed E-state index contributed by atoms with van der Waals surface area (Å²) in [7, 11) is 0. The largest absolute Gasteiger partial charge is 0.389 e. The van der Waals surface area contributed by atoms with Crippen LogP contribution in [0.25, 0.3) is 0 Å². The highest BCUT2D eigenvalue weighted by molar-refractivity contribution is 4.86. The van der Waals surface area contributed by atoms with Crippen molar-refractivity contribution in [1.82, 2.24) is 5.32 Å². The van der Waals surface area contributed by atoms with Crippen LogP contribution in [0.1, 0.15) is 26.7 Å². The Morgan fingerprint density at radius 3 is 2.25 bits per heavy atom. The maximum absolute atomic E-state index is 12.0. The second-order valence-electron chi connectivity index (χ2n) is 3.67. The van der Waals surface area contributed by atoms with Gasteiger partial charge in [0.2, 0.25) is 0 Å². The van der Waals surface area contributed by atoms with Crippen molar-refractivity contribution in [2.75, 3.05) is 0 Å². The Balaban J connectivity index is 2.43. The molecule has 1 aliphatic rings. The van der Waals surface area contributed by atoms with Gasteiger partial charge < -0.3 is 5.32 Å². The molecule has 1 N–H and O–H groups in total. The zero-order valence-electron chi connectivity index (χ0n) is 7.28. The summed E-state index contributed by atoms with van der Waals surface area (Å²) >= 11 is 0. The number of rotatable bonds is 1. The lowest BCUT2D eigenvalue weighted by atomic mass is 9.96. The van der Waals surface area contributed by atoms with Gasteiger partial charge in [0, 0.05) is 18.5 Å². The van der Waals surface area contributed by atoms with Gasteiger partial charge in [0.25, 0.3) is 0 Å². The van der Waals surface area contributed by atoms with Gasteiger partial charge in [-0.05, 0) is 26.2 Å². The molecule has 0 aliphatic carbocycles. The molecule has 0 spiro atoms. The van der Waals surface area contributed by atoms with Gasteiger partial charge in [-0.3, -0.25) is 0 Å². The summed E-state index contributed by atoms with van der Waals surface area (Å²) in [6, 6.07) is 0.231. The first kappa shape index (κ1) is 9.84. The van der Waals surface area contributed by atoms with Crippen molar-refractivity contribution in [3.05, 3.63) is 0 Å². The monoisotopic (exact) mass is 181 g/mol. The van der Waals surface area contributed by atoms with Gasteiger partial charge >= 0.3 is 6.18 Å². The Hall–Kier alpha value is -0.250. The average Bonchev–Trinajstić information content (AvgIpc) is 2.06. The van der Waals surface area contributed by atoms with Gasteiger partial charge in [-0.1, -0.05) is 0 Å². The Morgan fingerprint density at radius 2 is 1.92 bits per heavy atom. The highest BCUT2D eigenvalue weighted by Crippen LogP contribution is 2.32. The van der Waals surface area contributed by atoms with E-state index in [0.717, 1.165) is 0 Å². The fraction of sp³-hybridized carbons (Fsp3) is 1.00. The minimum Gasteiger partial charge on any atom is -0.311 e. The van der Waals surface area contributed by atoms with Crippen LogP contribution < -0.4 is 5.32 Å². The summed E-state index contributed by atoms with van der Waals surface area (Å²) < 4.78 is 35.9. The van der Waals surface area contributed by atoms with Gasteiger partial charge in [-0.25, -0.2) is 0 Å².